The van der Waals surface area contributed by atoms with Gasteiger partial charge in [0.15, 0.2) is 11.5 Å². The molecule has 2 aromatic heterocycles. The lowest BCUT2D eigenvalue weighted by Gasteiger charge is -2.23. The molecule has 2 aliphatic heterocycles. The number of hydrogen-bond acceptors (Lipinski definition) is 8. The van der Waals surface area contributed by atoms with Crippen molar-refractivity contribution in [2.45, 2.75) is 30.7 Å². The highest BCUT2D eigenvalue weighted by atomic mass is 32.2. The van der Waals surface area contributed by atoms with Gasteiger partial charge in [-0.3, -0.25) is 0 Å². The van der Waals surface area contributed by atoms with Crippen LogP contribution in [0, 0.1) is 6.92 Å². The number of fused-ring (bicyclic) bond motifs is 1. The second-order valence-corrected chi connectivity index (χ2v) is 10.1. The summed E-state index contributed by atoms with van der Waals surface area (Å²) in [6.07, 6.45) is 1.36. The predicted octanol–water partition coefficient (Wildman–Crippen LogP) is 3.40. The molecule has 1 aromatic carbocycles. The van der Waals surface area contributed by atoms with Crippen LogP contribution < -0.4 is 9.47 Å². The summed E-state index contributed by atoms with van der Waals surface area (Å²) in [5, 5.41) is 8.28. The fraction of sp³-hybridized carbons (Fsp3) is 0.368. The van der Waals surface area contributed by atoms with E-state index in [0.29, 0.717) is 49.5 Å². The molecule has 0 radical (unpaired) electrons. The van der Waals surface area contributed by atoms with E-state index in [1.165, 1.54) is 10.4 Å². The number of benzene rings is 1. The van der Waals surface area contributed by atoms with E-state index in [4.69, 9.17) is 13.9 Å². The van der Waals surface area contributed by atoms with Gasteiger partial charge in [0, 0.05) is 17.5 Å². The smallest absolute Gasteiger partial charge is 0.257 e. The number of nitrogens with zero attached hydrogens (tertiary/aromatic N) is 3. The minimum absolute atomic E-state index is 0.169. The molecule has 1 atom stereocenters. The van der Waals surface area contributed by atoms with Crippen molar-refractivity contribution in [1.82, 2.24) is 14.5 Å². The molecule has 8 nitrogen and oxygen atoms in total. The molecule has 0 amide bonds. The Morgan fingerprint density at radius 1 is 1.10 bits per heavy atom. The Kier molecular flexibility index (Phi) is 4.56. The van der Waals surface area contributed by atoms with Gasteiger partial charge >= 0.3 is 0 Å². The van der Waals surface area contributed by atoms with Gasteiger partial charge < -0.3 is 13.9 Å². The zero-order chi connectivity index (χ0) is 20.0. The Balaban J connectivity index is 1.45. The topological polar surface area (TPSA) is 94.8 Å². The van der Waals surface area contributed by atoms with Crippen molar-refractivity contribution in [3.63, 3.8) is 0 Å². The molecule has 0 bridgehead atoms. The normalized spacial score (nSPS) is 19.6. The number of thiophene rings is 1. The van der Waals surface area contributed by atoms with E-state index in [0.717, 1.165) is 16.2 Å². The molecule has 0 saturated carbocycles. The first-order chi connectivity index (χ1) is 14.0. The summed E-state index contributed by atoms with van der Waals surface area (Å²) >= 11 is 1.56. The highest BCUT2D eigenvalue weighted by molar-refractivity contribution is 7.89. The molecule has 0 aliphatic carbocycles. The number of sulfonamides is 1. The van der Waals surface area contributed by atoms with E-state index >= 15 is 0 Å². The van der Waals surface area contributed by atoms with Crippen molar-refractivity contribution in [3.8, 4) is 22.3 Å². The van der Waals surface area contributed by atoms with Crippen molar-refractivity contribution in [1.29, 1.82) is 0 Å². The monoisotopic (exact) mass is 433 g/mol. The van der Waals surface area contributed by atoms with E-state index in [1.807, 2.05) is 19.1 Å². The van der Waals surface area contributed by atoms with Crippen LogP contribution in [-0.4, -0.2) is 42.7 Å². The number of rotatable bonds is 4. The molecule has 152 valence electrons. The van der Waals surface area contributed by atoms with Gasteiger partial charge in [0.1, 0.15) is 19.3 Å². The Bertz CT molecular complexity index is 1150. The van der Waals surface area contributed by atoms with Gasteiger partial charge in [-0.05, 0) is 44.0 Å². The number of aryl methyl sites for hydroxylation is 1. The maximum Gasteiger partial charge on any atom is 0.257 e. The second-order valence-electron chi connectivity index (χ2n) is 6.93. The summed E-state index contributed by atoms with van der Waals surface area (Å²) in [5.74, 6) is 1.74. The molecular weight excluding hydrogens is 414 g/mol. The fourth-order valence-electron chi connectivity index (χ4n) is 3.61. The Morgan fingerprint density at radius 2 is 1.93 bits per heavy atom. The third-order valence-corrected chi connectivity index (χ3v) is 7.89. The molecule has 2 aliphatic rings. The van der Waals surface area contributed by atoms with Crippen molar-refractivity contribution in [2.24, 2.45) is 0 Å². The third-order valence-electron chi connectivity index (χ3n) is 5.00. The number of hydrogen-bond donors (Lipinski definition) is 0. The highest BCUT2D eigenvalue weighted by Gasteiger charge is 2.39. The number of ether oxygens (including phenoxy) is 2. The third kappa shape index (κ3) is 3.30. The zero-order valence-electron chi connectivity index (χ0n) is 15.7. The molecule has 3 aromatic rings. The molecule has 0 spiro atoms. The molecule has 1 fully saturated rings. The van der Waals surface area contributed by atoms with Crippen LogP contribution in [0.15, 0.2) is 39.6 Å². The Hall–Kier alpha value is -2.43. The van der Waals surface area contributed by atoms with Crippen LogP contribution in [0.2, 0.25) is 0 Å². The van der Waals surface area contributed by atoms with E-state index in [-0.39, 0.29) is 4.90 Å². The van der Waals surface area contributed by atoms with E-state index in [1.54, 1.807) is 23.5 Å². The summed E-state index contributed by atoms with van der Waals surface area (Å²) in [4.78, 5) is 2.19. The van der Waals surface area contributed by atoms with Crippen molar-refractivity contribution >= 4 is 21.4 Å². The maximum absolute atomic E-state index is 13.3. The van der Waals surface area contributed by atoms with Crippen LogP contribution in [0.1, 0.15) is 29.7 Å². The van der Waals surface area contributed by atoms with Crippen molar-refractivity contribution < 1.29 is 22.3 Å². The van der Waals surface area contributed by atoms with Gasteiger partial charge in [-0.1, -0.05) is 0 Å². The molecular formula is C19H19N3O5S2. The molecule has 0 N–H and O–H groups in total. The van der Waals surface area contributed by atoms with Gasteiger partial charge in [-0.2, -0.15) is 4.31 Å². The SMILES string of the molecule is Cc1ccc(-c2nnc(C3CCCN3S(=O)(=O)c3ccc4c(c3)OCCO4)o2)s1. The molecule has 4 heterocycles. The van der Waals surface area contributed by atoms with Crippen LogP contribution in [0.3, 0.4) is 0 Å². The van der Waals surface area contributed by atoms with Crippen molar-refractivity contribution in [2.75, 3.05) is 19.8 Å². The maximum atomic E-state index is 13.3. The average Bonchev–Trinajstić information content (AvgIpc) is 3.47. The summed E-state index contributed by atoms with van der Waals surface area (Å²) in [6.45, 7) is 3.26. The van der Waals surface area contributed by atoms with Crippen LogP contribution >= 0.6 is 11.3 Å². The van der Waals surface area contributed by atoms with Gasteiger partial charge in [0.05, 0.1) is 9.77 Å². The molecule has 5 rings (SSSR count). The Labute approximate surface area is 172 Å². The molecule has 1 unspecified atom stereocenters. The average molecular weight is 434 g/mol. The standard InChI is InChI=1S/C19H19N3O5S2/c1-12-4-7-17(28-12)19-21-20-18(27-19)14-3-2-8-22(14)29(23,24)13-5-6-15-16(11-13)26-10-9-25-15/h4-7,11,14H,2-3,8-10H2,1H3. The lowest BCUT2D eigenvalue weighted by Crippen LogP contribution is -2.31. The summed E-state index contributed by atoms with van der Waals surface area (Å²) in [7, 11) is -3.75. The van der Waals surface area contributed by atoms with E-state index < -0.39 is 16.1 Å². The lowest BCUT2D eigenvalue weighted by molar-refractivity contribution is 0.171. The fourth-order valence-corrected chi connectivity index (χ4v) is 6.07. The van der Waals surface area contributed by atoms with Gasteiger partial charge in [-0.15, -0.1) is 21.5 Å². The van der Waals surface area contributed by atoms with Crippen molar-refractivity contribution in [3.05, 3.63) is 41.1 Å². The first kappa shape index (κ1) is 18.6. The highest BCUT2D eigenvalue weighted by Crippen LogP contribution is 2.39. The first-order valence-corrected chi connectivity index (χ1v) is 11.6. The molecule has 1 saturated heterocycles. The minimum atomic E-state index is -3.75. The molecule has 10 heteroatoms. The Morgan fingerprint density at radius 3 is 2.72 bits per heavy atom. The predicted molar refractivity (Wildman–Crippen MR) is 106 cm³/mol. The van der Waals surface area contributed by atoms with Crippen LogP contribution in [0.5, 0.6) is 11.5 Å². The quantitative estimate of drug-likeness (QED) is 0.622. The minimum Gasteiger partial charge on any atom is -0.486 e. The van der Waals surface area contributed by atoms with Gasteiger partial charge in [-0.25, -0.2) is 8.42 Å². The zero-order valence-corrected chi connectivity index (χ0v) is 17.3. The van der Waals surface area contributed by atoms with Crippen LogP contribution in [0.25, 0.3) is 10.8 Å². The lowest BCUT2D eigenvalue weighted by atomic mass is 10.2. The van der Waals surface area contributed by atoms with Crippen LogP contribution in [0.4, 0.5) is 0 Å². The van der Waals surface area contributed by atoms with Gasteiger partial charge in [0.2, 0.25) is 15.9 Å². The van der Waals surface area contributed by atoms with Gasteiger partial charge in [0.25, 0.3) is 5.89 Å². The number of aromatic nitrogens is 2. The van der Waals surface area contributed by atoms with E-state index in [9.17, 15) is 8.42 Å². The first-order valence-electron chi connectivity index (χ1n) is 9.34. The second kappa shape index (κ2) is 7.12. The summed E-state index contributed by atoms with van der Waals surface area (Å²) in [6, 6.07) is 8.14. The summed E-state index contributed by atoms with van der Waals surface area (Å²) < 4.78 is 45.0. The van der Waals surface area contributed by atoms with E-state index in [2.05, 4.69) is 10.2 Å². The van der Waals surface area contributed by atoms with Crippen LogP contribution in [-0.2, 0) is 10.0 Å². The summed E-state index contributed by atoms with van der Waals surface area (Å²) in [5.41, 5.74) is 0. The largest absolute Gasteiger partial charge is 0.486 e. The molecule has 29 heavy (non-hydrogen) atoms.